The summed E-state index contributed by atoms with van der Waals surface area (Å²) in [7, 11) is 0. The second kappa shape index (κ2) is 9.27. The van der Waals surface area contributed by atoms with E-state index in [1.54, 1.807) is 24.4 Å². The first-order chi connectivity index (χ1) is 15.0. The third kappa shape index (κ3) is 5.09. The summed E-state index contributed by atoms with van der Waals surface area (Å²) in [4.78, 5) is 27.6. The summed E-state index contributed by atoms with van der Waals surface area (Å²) < 4.78 is 20.0. The molecule has 1 aliphatic rings. The number of pyridine rings is 1. The Morgan fingerprint density at radius 3 is 2.61 bits per heavy atom. The van der Waals surface area contributed by atoms with E-state index in [0.717, 1.165) is 31.6 Å². The Kier molecular flexibility index (Phi) is 6.28. The van der Waals surface area contributed by atoms with E-state index in [-0.39, 0.29) is 30.3 Å². The first-order valence-electron chi connectivity index (χ1n) is 10.5. The third-order valence-corrected chi connectivity index (χ3v) is 5.67. The monoisotopic (exact) mass is 420 g/mol. The van der Waals surface area contributed by atoms with Gasteiger partial charge in [0, 0.05) is 30.9 Å². The molecule has 0 unspecified atom stereocenters. The van der Waals surface area contributed by atoms with E-state index in [1.165, 1.54) is 33.9 Å². The van der Waals surface area contributed by atoms with Crippen LogP contribution in [0.25, 0.3) is 0 Å². The summed E-state index contributed by atoms with van der Waals surface area (Å²) in [6.07, 6.45) is 2.56. The zero-order valence-corrected chi connectivity index (χ0v) is 17.5. The van der Waals surface area contributed by atoms with Crippen LogP contribution in [0.4, 0.5) is 4.39 Å². The van der Waals surface area contributed by atoms with E-state index in [9.17, 15) is 14.0 Å². The number of hydrogen-bond acceptors (Lipinski definition) is 4. The molecule has 0 atom stereocenters. The normalized spacial score (nSPS) is 13.6. The van der Waals surface area contributed by atoms with Crippen LogP contribution in [-0.2, 0) is 26.1 Å². The molecule has 4 rings (SSSR count). The van der Waals surface area contributed by atoms with Crippen LogP contribution in [0.15, 0.2) is 65.6 Å². The topological polar surface area (TPSA) is 51.5 Å². The van der Waals surface area contributed by atoms with Crippen LogP contribution in [0.2, 0.25) is 0 Å². The standard InChI is InChI=1S/C25H25FN2O3/c1-2-27-11-9-19-5-6-20(13-21(19)15-27)24(29)16-28-12-10-23(14-25(28)30)31-17-18-3-7-22(26)8-4-18/h3-8,10,12-14H,2,9,11,15-17H2,1H3. The largest absolute Gasteiger partial charge is 0.489 e. The highest BCUT2D eigenvalue weighted by molar-refractivity contribution is 5.96. The number of carbonyl (C=O) groups is 1. The van der Waals surface area contributed by atoms with Crippen molar-refractivity contribution < 1.29 is 13.9 Å². The summed E-state index contributed by atoms with van der Waals surface area (Å²) in [5.41, 5.74) is 3.60. The quantitative estimate of drug-likeness (QED) is 0.545. The molecule has 0 saturated carbocycles. The van der Waals surface area contributed by atoms with E-state index in [2.05, 4.69) is 11.8 Å². The molecule has 0 radical (unpaired) electrons. The fourth-order valence-corrected chi connectivity index (χ4v) is 3.76. The first-order valence-corrected chi connectivity index (χ1v) is 10.5. The van der Waals surface area contributed by atoms with Crippen molar-refractivity contribution in [2.45, 2.75) is 33.0 Å². The molecule has 0 bridgehead atoms. The van der Waals surface area contributed by atoms with Gasteiger partial charge in [-0.25, -0.2) is 4.39 Å². The van der Waals surface area contributed by atoms with E-state index in [0.29, 0.717) is 11.3 Å². The summed E-state index contributed by atoms with van der Waals surface area (Å²) in [6, 6.07) is 14.9. The van der Waals surface area contributed by atoms with Crippen molar-refractivity contribution in [3.8, 4) is 5.75 Å². The molecule has 0 fully saturated rings. The second-order valence-electron chi connectivity index (χ2n) is 7.77. The molecule has 31 heavy (non-hydrogen) atoms. The van der Waals surface area contributed by atoms with E-state index in [4.69, 9.17) is 4.74 Å². The molecule has 0 spiro atoms. The molecule has 1 aliphatic heterocycles. The van der Waals surface area contributed by atoms with Crippen molar-refractivity contribution in [3.05, 3.63) is 99.2 Å². The number of aromatic nitrogens is 1. The number of carbonyl (C=O) groups excluding carboxylic acids is 1. The molecule has 5 nitrogen and oxygen atoms in total. The molecule has 2 aromatic carbocycles. The Hall–Kier alpha value is -3.25. The Balaban J connectivity index is 1.41. The van der Waals surface area contributed by atoms with Crippen LogP contribution in [0.1, 0.15) is 34.0 Å². The number of ether oxygens (including phenoxy) is 1. The van der Waals surface area contributed by atoms with E-state index < -0.39 is 0 Å². The Morgan fingerprint density at radius 1 is 1.06 bits per heavy atom. The lowest BCUT2D eigenvalue weighted by molar-refractivity contribution is 0.0970. The number of nitrogens with zero attached hydrogens (tertiary/aromatic N) is 2. The number of hydrogen-bond donors (Lipinski definition) is 0. The summed E-state index contributed by atoms with van der Waals surface area (Å²) in [6.45, 7) is 5.23. The SMILES string of the molecule is CCN1CCc2ccc(C(=O)Cn3ccc(OCc4ccc(F)cc4)cc3=O)cc2C1. The number of rotatable bonds is 7. The maximum absolute atomic E-state index is 13.0. The number of likely N-dealkylation sites (N-methyl/N-ethyl adjacent to an activating group) is 1. The summed E-state index contributed by atoms with van der Waals surface area (Å²) >= 11 is 0. The fraction of sp³-hybridized carbons (Fsp3) is 0.280. The molecule has 6 heteroatoms. The van der Waals surface area contributed by atoms with Gasteiger partial charge >= 0.3 is 0 Å². The van der Waals surface area contributed by atoms with Gasteiger partial charge < -0.3 is 9.30 Å². The van der Waals surface area contributed by atoms with Gasteiger partial charge in [-0.1, -0.05) is 31.2 Å². The van der Waals surface area contributed by atoms with Crippen LogP contribution in [0.3, 0.4) is 0 Å². The van der Waals surface area contributed by atoms with Crippen LogP contribution < -0.4 is 10.3 Å². The highest BCUT2D eigenvalue weighted by Gasteiger charge is 2.17. The van der Waals surface area contributed by atoms with Gasteiger partial charge in [0.25, 0.3) is 5.56 Å². The molecular formula is C25H25FN2O3. The molecule has 160 valence electrons. The smallest absolute Gasteiger partial charge is 0.254 e. The lowest BCUT2D eigenvalue weighted by Crippen LogP contribution is -2.30. The van der Waals surface area contributed by atoms with Gasteiger partial charge in [0.05, 0.1) is 6.54 Å². The van der Waals surface area contributed by atoms with Crippen molar-refractivity contribution in [3.63, 3.8) is 0 Å². The molecule has 0 N–H and O–H groups in total. The van der Waals surface area contributed by atoms with Gasteiger partial charge in [0.15, 0.2) is 5.78 Å². The zero-order chi connectivity index (χ0) is 21.8. The first kappa shape index (κ1) is 21.0. The molecule has 0 aliphatic carbocycles. The van der Waals surface area contributed by atoms with Gasteiger partial charge in [-0.3, -0.25) is 14.5 Å². The predicted molar refractivity (Wildman–Crippen MR) is 117 cm³/mol. The average Bonchev–Trinajstić information content (AvgIpc) is 2.79. The number of Topliss-reactive ketones (excluding diaryl/α,β-unsaturated/α-hetero) is 1. The van der Waals surface area contributed by atoms with Crippen LogP contribution in [0.5, 0.6) is 5.75 Å². The number of fused-ring (bicyclic) bond motifs is 1. The predicted octanol–water partition coefficient (Wildman–Crippen LogP) is 3.83. The fourth-order valence-electron chi connectivity index (χ4n) is 3.76. The van der Waals surface area contributed by atoms with Crippen molar-refractivity contribution in [1.82, 2.24) is 9.47 Å². The minimum atomic E-state index is -0.308. The van der Waals surface area contributed by atoms with Crippen molar-refractivity contribution >= 4 is 5.78 Å². The van der Waals surface area contributed by atoms with Gasteiger partial charge in [-0.15, -0.1) is 0 Å². The van der Waals surface area contributed by atoms with Crippen molar-refractivity contribution in [2.75, 3.05) is 13.1 Å². The molecular weight excluding hydrogens is 395 g/mol. The molecule has 1 aromatic heterocycles. The Morgan fingerprint density at radius 2 is 1.87 bits per heavy atom. The zero-order valence-electron chi connectivity index (χ0n) is 17.5. The van der Waals surface area contributed by atoms with E-state index in [1.807, 2.05) is 18.2 Å². The Labute approximate surface area is 180 Å². The van der Waals surface area contributed by atoms with Gasteiger partial charge in [0.1, 0.15) is 18.2 Å². The van der Waals surface area contributed by atoms with Crippen molar-refractivity contribution in [1.29, 1.82) is 0 Å². The van der Waals surface area contributed by atoms with Gasteiger partial charge in [0.2, 0.25) is 0 Å². The third-order valence-electron chi connectivity index (χ3n) is 5.67. The van der Waals surface area contributed by atoms with Crippen LogP contribution in [0, 0.1) is 5.82 Å². The number of ketones is 1. The second-order valence-corrected chi connectivity index (χ2v) is 7.77. The van der Waals surface area contributed by atoms with Crippen LogP contribution >= 0.6 is 0 Å². The van der Waals surface area contributed by atoms with Crippen LogP contribution in [-0.4, -0.2) is 28.3 Å². The average molecular weight is 420 g/mol. The summed E-state index contributed by atoms with van der Waals surface area (Å²) in [5.74, 6) is 0.00240. The molecule has 2 heterocycles. The van der Waals surface area contributed by atoms with E-state index >= 15 is 0 Å². The minimum absolute atomic E-state index is 0.0205. The highest BCUT2D eigenvalue weighted by Crippen LogP contribution is 2.21. The molecule has 0 saturated heterocycles. The van der Waals surface area contributed by atoms with Crippen molar-refractivity contribution in [2.24, 2.45) is 0 Å². The summed E-state index contributed by atoms with van der Waals surface area (Å²) in [5, 5.41) is 0. The maximum Gasteiger partial charge on any atom is 0.254 e. The number of benzene rings is 2. The van der Waals surface area contributed by atoms with Gasteiger partial charge in [-0.2, -0.15) is 0 Å². The molecule has 3 aromatic rings. The van der Waals surface area contributed by atoms with Gasteiger partial charge in [-0.05, 0) is 53.9 Å². The maximum atomic E-state index is 13.0. The number of halogens is 1. The lowest BCUT2D eigenvalue weighted by atomic mass is 9.96. The Bertz CT molecular complexity index is 1140. The highest BCUT2D eigenvalue weighted by atomic mass is 19.1. The molecule has 0 amide bonds. The minimum Gasteiger partial charge on any atom is -0.489 e. The lowest BCUT2D eigenvalue weighted by Gasteiger charge is -2.27.